The van der Waals surface area contributed by atoms with Gasteiger partial charge in [0.2, 0.25) is 0 Å². The van der Waals surface area contributed by atoms with Gasteiger partial charge in [-0.1, -0.05) is 32.1 Å². The Kier molecular flexibility index (Phi) is 5.68. The van der Waals surface area contributed by atoms with Crippen molar-refractivity contribution in [1.82, 2.24) is 0 Å². The van der Waals surface area contributed by atoms with Crippen molar-refractivity contribution in [1.29, 1.82) is 0 Å². The number of hydrogen-bond donors (Lipinski definition) is 0. The largest absolute Gasteiger partial charge is 0.743 e. The Balaban J connectivity index is 2.22. The molecule has 0 aromatic heterocycles. The second-order valence-electron chi connectivity index (χ2n) is 6.62. The molecule has 2 rings (SSSR count). The van der Waals surface area contributed by atoms with E-state index in [9.17, 15) is 39.7 Å². The summed E-state index contributed by atoms with van der Waals surface area (Å²) in [6.07, 6.45) is -5.55. The van der Waals surface area contributed by atoms with Gasteiger partial charge in [0.25, 0.3) is 6.10 Å². The molecule has 146 valence electrons. The third-order valence-electron chi connectivity index (χ3n) is 5.05. The SMILES string of the molecule is O=C(OC(C(F)(F)F)C(F)(F)S(=O)(=O)[O-])C1CCCC2CCCCC21. The van der Waals surface area contributed by atoms with Crippen LogP contribution >= 0.6 is 0 Å². The Labute approximate surface area is 141 Å². The molecule has 0 heterocycles. The lowest BCUT2D eigenvalue weighted by atomic mass is 9.65. The van der Waals surface area contributed by atoms with E-state index in [0.717, 1.165) is 25.7 Å². The molecule has 2 aliphatic rings. The molecule has 2 saturated carbocycles. The number of fused-ring (bicyclic) bond motifs is 1. The first-order chi connectivity index (χ1) is 11.4. The van der Waals surface area contributed by atoms with Crippen molar-refractivity contribution in [2.45, 2.75) is 62.5 Å². The Morgan fingerprint density at radius 1 is 1.00 bits per heavy atom. The second-order valence-corrected chi connectivity index (χ2v) is 8.07. The Bertz CT molecular complexity index is 601. The van der Waals surface area contributed by atoms with Crippen LogP contribution in [-0.4, -0.2) is 36.5 Å². The molecule has 0 spiro atoms. The van der Waals surface area contributed by atoms with Gasteiger partial charge in [-0.2, -0.15) is 22.0 Å². The molecule has 5 nitrogen and oxygen atoms in total. The molecule has 11 heteroatoms. The van der Waals surface area contributed by atoms with Crippen molar-refractivity contribution in [2.75, 3.05) is 0 Å². The lowest BCUT2D eigenvalue weighted by molar-refractivity contribution is -0.262. The fourth-order valence-electron chi connectivity index (χ4n) is 3.89. The predicted octanol–water partition coefficient (Wildman–Crippen LogP) is 3.21. The predicted molar refractivity (Wildman–Crippen MR) is 73.4 cm³/mol. The molecule has 0 aromatic carbocycles. The van der Waals surface area contributed by atoms with Crippen LogP contribution in [0.4, 0.5) is 22.0 Å². The van der Waals surface area contributed by atoms with E-state index in [-0.39, 0.29) is 18.3 Å². The highest BCUT2D eigenvalue weighted by atomic mass is 32.2. The molecule has 2 fully saturated rings. The highest BCUT2D eigenvalue weighted by Gasteiger charge is 2.63. The quantitative estimate of drug-likeness (QED) is 0.416. The van der Waals surface area contributed by atoms with Crippen LogP contribution in [0, 0.1) is 17.8 Å². The van der Waals surface area contributed by atoms with Crippen molar-refractivity contribution in [3.05, 3.63) is 0 Å². The van der Waals surface area contributed by atoms with Gasteiger partial charge in [-0.05, 0) is 24.7 Å². The van der Waals surface area contributed by atoms with Crippen molar-refractivity contribution in [3.63, 3.8) is 0 Å². The maximum atomic E-state index is 13.5. The summed E-state index contributed by atoms with van der Waals surface area (Å²) in [4.78, 5) is 12.1. The first-order valence-corrected chi connectivity index (χ1v) is 9.37. The lowest BCUT2D eigenvalue weighted by Gasteiger charge is -2.41. The third-order valence-corrected chi connectivity index (χ3v) is 5.93. The van der Waals surface area contributed by atoms with E-state index in [1.165, 1.54) is 0 Å². The molecule has 0 N–H and O–H groups in total. The third kappa shape index (κ3) is 4.24. The van der Waals surface area contributed by atoms with Crippen LogP contribution < -0.4 is 0 Å². The molecule has 4 unspecified atom stereocenters. The van der Waals surface area contributed by atoms with Crippen molar-refractivity contribution in [2.24, 2.45) is 17.8 Å². The fourth-order valence-corrected chi connectivity index (χ4v) is 4.34. The maximum Gasteiger partial charge on any atom is 0.432 e. The summed E-state index contributed by atoms with van der Waals surface area (Å²) in [6.45, 7) is 0. The summed E-state index contributed by atoms with van der Waals surface area (Å²) >= 11 is 0. The van der Waals surface area contributed by atoms with E-state index in [2.05, 4.69) is 4.74 Å². The number of carbonyl (C=O) groups excluding carboxylic acids is 1. The zero-order valence-corrected chi connectivity index (χ0v) is 13.9. The van der Waals surface area contributed by atoms with Gasteiger partial charge in [-0.25, -0.2) is 8.42 Å². The normalized spacial score (nSPS) is 29.6. The van der Waals surface area contributed by atoms with Crippen LogP contribution in [0.25, 0.3) is 0 Å². The van der Waals surface area contributed by atoms with E-state index >= 15 is 0 Å². The zero-order chi connectivity index (χ0) is 19.0. The van der Waals surface area contributed by atoms with Crippen molar-refractivity contribution >= 4 is 16.1 Å². The lowest BCUT2D eigenvalue weighted by Crippen LogP contribution is -2.53. The summed E-state index contributed by atoms with van der Waals surface area (Å²) < 4.78 is 101. The van der Waals surface area contributed by atoms with Crippen LogP contribution in [-0.2, 0) is 19.6 Å². The monoisotopic (exact) mass is 393 g/mol. The molecule has 0 aromatic rings. The van der Waals surface area contributed by atoms with E-state index in [1.54, 1.807) is 0 Å². The molecule has 2 aliphatic carbocycles. The van der Waals surface area contributed by atoms with E-state index in [1.807, 2.05) is 0 Å². The van der Waals surface area contributed by atoms with Gasteiger partial charge in [-0.3, -0.25) is 4.79 Å². The van der Waals surface area contributed by atoms with Crippen LogP contribution in [0.1, 0.15) is 44.9 Å². The van der Waals surface area contributed by atoms with Gasteiger partial charge in [0.1, 0.15) is 0 Å². The number of esters is 1. The van der Waals surface area contributed by atoms with Crippen LogP contribution in [0.3, 0.4) is 0 Å². The molecule has 25 heavy (non-hydrogen) atoms. The summed E-state index contributed by atoms with van der Waals surface area (Å²) in [6, 6.07) is 0. The van der Waals surface area contributed by atoms with Crippen molar-refractivity contribution in [3.8, 4) is 0 Å². The van der Waals surface area contributed by atoms with E-state index in [4.69, 9.17) is 0 Å². The fraction of sp³-hybridized carbons (Fsp3) is 0.929. The Morgan fingerprint density at radius 2 is 1.56 bits per heavy atom. The minimum absolute atomic E-state index is 0.119. The average molecular weight is 393 g/mol. The number of hydrogen-bond acceptors (Lipinski definition) is 5. The zero-order valence-electron chi connectivity index (χ0n) is 13.1. The first-order valence-electron chi connectivity index (χ1n) is 7.96. The number of halogens is 5. The van der Waals surface area contributed by atoms with E-state index < -0.39 is 39.5 Å². The van der Waals surface area contributed by atoms with Crippen LogP contribution in [0.5, 0.6) is 0 Å². The van der Waals surface area contributed by atoms with Gasteiger partial charge in [-0.15, -0.1) is 0 Å². The van der Waals surface area contributed by atoms with Crippen molar-refractivity contribution < 1.29 is 44.5 Å². The van der Waals surface area contributed by atoms with Gasteiger partial charge in [0, 0.05) is 0 Å². The molecule has 0 bridgehead atoms. The average Bonchev–Trinajstić information content (AvgIpc) is 2.49. The standard InChI is InChI=1S/C14H19F5O5S/c15-13(16,17)12(14(18,19)25(21,22)23)24-11(20)10-7-3-5-8-4-1-2-6-9(8)10/h8-10,12H,1-7H2,(H,21,22,23)/p-1. The summed E-state index contributed by atoms with van der Waals surface area (Å²) in [5, 5.41) is -5.79. The second kappa shape index (κ2) is 6.98. The number of rotatable bonds is 4. The molecule has 0 aliphatic heterocycles. The summed E-state index contributed by atoms with van der Waals surface area (Å²) in [5.41, 5.74) is 0. The van der Waals surface area contributed by atoms with Crippen LogP contribution in [0.15, 0.2) is 0 Å². The van der Waals surface area contributed by atoms with Gasteiger partial charge in [0.15, 0.2) is 10.1 Å². The van der Waals surface area contributed by atoms with E-state index in [0.29, 0.717) is 12.8 Å². The highest BCUT2D eigenvalue weighted by Crippen LogP contribution is 2.45. The topological polar surface area (TPSA) is 83.5 Å². The molecule has 4 atom stereocenters. The molecule has 0 amide bonds. The summed E-state index contributed by atoms with van der Waals surface area (Å²) in [5.74, 6) is -2.65. The highest BCUT2D eigenvalue weighted by molar-refractivity contribution is 7.86. The number of alkyl halides is 5. The van der Waals surface area contributed by atoms with Crippen LogP contribution in [0.2, 0.25) is 0 Å². The molecule has 0 radical (unpaired) electrons. The maximum absolute atomic E-state index is 13.5. The number of carbonyl (C=O) groups is 1. The van der Waals surface area contributed by atoms with Gasteiger partial charge in [0.05, 0.1) is 5.92 Å². The number of ether oxygens (including phenoxy) is 1. The van der Waals surface area contributed by atoms with Gasteiger partial charge < -0.3 is 9.29 Å². The minimum Gasteiger partial charge on any atom is -0.743 e. The minimum atomic E-state index is -6.66. The van der Waals surface area contributed by atoms with Gasteiger partial charge >= 0.3 is 17.4 Å². The smallest absolute Gasteiger partial charge is 0.432 e. The Morgan fingerprint density at radius 3 is 2.12 bits per heavy atom. The Hall–Kier alpha value is -0.970. The molecular formula is C14H18F5O5S-. The first kappa shape index (κ1) is 20.3. The summed E-state index contributed by atoms with van der Waals surface area (Å²) in [7, 11) is -6.66. The molecule has 0 saturated heterocycles. The molecular weight excluding hydrogens is 375 g/mol.